The maximum Gasteiger partial charge on any atom is 0.321 e. The van der Waals surface area contributed by atoms with Gasteiger partial charge in [0.25, 0.3) is 0 Å². The average Bonchev–Trinajstić information content (AvgIpc) is 3.66. The summed E-state index contributed by atoms with van der Waals surface area (Å²) in [6.07, 6.45) is 6.61. The van der Waals surface area contributed by atoms with Crippen LogP contribution in [0.15, 0.2) is 35.2 Å². The van der Waals surface area contributed by atoms with Gasteiger partial charge in [-0.05, 0) is 73.4 Å². The summed E-state index contributed by atoms with van der Waals surface area (Å²) in [5, 5.41) is 7.60. The van der Waals surface area contributed by atoms with E-state index in [1.54, 1.807) is 0 Å². The number of carbonyl (C=O) groups is 2. The molecule has 6 rings (SSSR count). The van der Waals surface area contributed by atoms with Crippen LogP contribution in [0.25, 0.3) is 11.6 Å². The number of hydrogen-bond acceptors (Lipinski definition) is 5. The number of fused-ring (bicyclic) bond motifs is 7. The van der Waals surface area contributed by atoms with Crippen LogP contribution in [0.5, 0.6) is 0 Å². The highest BCUT2D eigenvalue weighted by Gasteiger charge is 2.49. The third-order valence-corrected chi connectivity index (χ3v) is 10.1. The standard InChI is InChI=1S/C33H40N4O3/c1-9-19-16(5)22-11-21-14(3)15(4)30(36-21)28-29(33(39)40-8)32(38)27-18(7)24(37-31(27)28)13-26-20(10-2)17(6)23(35-26)12-25(19)34-22/h9,12,14-15,21-22,29,34-37H,1,10-11,13H2,2-8H3/b25-12-,30-28-/t14-,15-,21?,22?,29+/m0/s1. The van der Waals surface area contributed by atoms with Gasteiger partial charge in [0, 0.05) is 64.0 Å². The van der Waals surface area contributed by atoms with Gasteiger partial charge in [-0.3, -0.25) is 9.59 Å². The van der Waals surface area contributed by atoms with Crippen molar-refractivity contribution in [3.8, 4) is 0 Å². The number of methoxy groups -OCH3 is 1. The van der Waals surface area contributed by atoms with E-state index in [1.165, 1.54) is 23.8 Å². The molecule has 0 saturated carbocycles. The zero-order valence-corrected chi connectivity index (χ0v) is 24.6. The number of ketones is 1. The maximum absolute atomic E-state index is 13.9. The lowest BCUT2D eigenvalue weighted by molar-refractivity contribution is -0.141. The summed E-state index contributed by atoms with van der Waals surface area (Å²) in [7, 11) is 1.36. The number of H-pyrrole nitrogens is 2. The van der Waals surface area contributed by atoms with Crippen molar-refractivity contribution in [2.75, 3.05) is 7.11 Å². The van der Waals surface area contributed by atoms with E-state index in [0.717, 1.165) is 63.7 Å². The number of aromatic nitrogens is 2. The van der Waals surface area contributed by atoms with Gasteiger partial charge in [-0.2, -0.15) is 0 Å². The molecule has 3 aliphatic heterocycles. The molecule has 0 aromatic carbocycles. The molecule has 8 bridgehead atoms. The molecule has 0 radical (unpaired) electrons. The van der Waals surface area contributed by atoms with E-state index in [1.807, 2.05) is 13.0 Å². The number of rotatable bonds is 3. The normalized spacial score (nSPS) is 30.2. The van der Waals surface area contributed by atoms with Crippen molar-refractivity contribution < 1.29 is 14.3 Å². The Hall–Kier alpha value is -3.74. The number of hydrogen-bond donors (Lipinski definition) is 4. The second-order valence-electron chi connectivity index (χ2n) is 12.0. The van der Waals surface area contributed by atoms with E-state index in [2.05, 4.69) is 67.9 Å². The SMILES string of the molecule is C=CC1=C(C)C2CC3N/C(=C4\c5[nH]c(c(C)c5C(=O)[C@@H]4C(=O)OC)Cc4[nH]c(c(C)c4CC)/C=C/1N2)[C@@H](C)[C@@H]3C. The summed E-state index contributed by atoms with van der Waals surface area (Å²) in [5.74, 6) is -1.17. The second-order valence-corrected chi connectivity index (χ2v) is 12.0. The molecule has 1 fully saturated rings. The predicted octanol–water partition coefficient (Wildman–Crippen LogP) is 5.27. The minimum atomic E-state index is -0.951. The van der Waals surface area contributed by atoms with E-state index in [4.69, 9.17) is 4.74 Å². The molecule has 40 heavy (non-hydrogen) atoms. The lowest BCUT2D eigenvalue weighted by atomic mass is 9.86. The Bertz CT molecular complexity index is 1560. The fraction of sp³-hybridized carbons (Fsp3) is 0.455. The van der Waals surface area contributed by atoms with Crippen molar-refractivity contribution >= 4 is 23.4 Å². The van der Waals surface area contributed by atoms with Gasteiger partial charge in [-0.1, -0.05) is 33.4 Å². The van der Waals surface area contributed by atoms with Gasteiger partial charge >= 0.3 is 5.97 Å². The smallest absolute Gasteiger partial charge is 0.321 e. The Kier molecular flexibility index (Phi) is 6.24. The molecule has 1 aliphatic carbocycles. The molecule has 2 unspecified atom stereocenters. The van der Waals surface area contributed by atoms with Gasteiger partial charge in [0.2, 0.25) is 0 Å². The summed E-state index contributed by atoms with van der Waals surface area (Å²) in [5.41, 5.74) is 13.3. The van der Waals surface area contributed by atoms with Gasteiger partial charge in [0.15, 0.2) is 5.78 Å². The van der Waals surface area contributed by atoms with Gasteiger partial charge in [0.1, 0.15) is 5.92 Å². The van der Waals surface area contributed by atoms with E-state index in [0.29, 0.717) is 17.9 Å². The first kappa shape index (κ1) is 26.5. The number of carbonyl (C=O) groups excluding carboxylic acids is 2. The van der Waals surface area contributed by atoms with Crippen LogP contribution in [0.4, 0.5) is 0 Å². The molecule has 4 N–H and O–H groups in total. The number of allylic oxidation sites excluding steroid dienone is 2. The molecule has 5 atom stereocenters. The molecule has 5 heterocycles. The van der Waals surface area contributed by atoms with Crippen LogP contribution in [-0.2, 0) is 22.4 Å². The number of ether oxygens (including phenoxy) is 1. The third kappa shape index (κ3) is 3.62. The highest BCUT2D eigenvalue weighted by molar-refractivity contribution is 6.24. The Morgan fingerprint density at radius 1 is 1.12 bits per heavy atom. The highest BCUT2D eigenvalue weighted by atomic mass is 16.5. The minimum Gasteiger partial charge on any atom is -0.468 e. The lowest BCUT2D eigenvalue weighted by Gasteiger charge is -2.23. The quantitative estimate of drug-likeness (QED) is 0.314. The number of esters is 1. The minimum absolute atomic E-state index is 0.146. The highest BCUT2D eigenvalue weighted by Crippen LogP contribution is 2.47. The van der Waals surface area contributed by atoms with Crippen molar-refractivity contribution in [1.82, 2.24) is 20.6 Å². The number of aromatic amines is 2. The zero-order valence-electron chi connectivity index (χ0n) is 24.6. The van der Waals surface area contributed by atoms with E-state index in [9.17, 15) is 9.59 Å². The molecular formula is C33H40N4O3. The van der Waals surface area contributed by atoms with Crippen molar-refractivity contribution in [3.05, 3.63) is 80.2 Å². The molecule has 7 nitrogen and oxygen atoms in total. The molecule has 4 aliphatic rings. The molecule has 7 heteroatoms. The van der Waals surface area contributed by atoms with Crippen LogP contribution in [0.3, 0.4) is 0 Å². The first-order chi connectivity index (χ1) is 19.1. The maximum atomic E-state index is 13.9. The van der Waals surface area contributed by atoms with E-state index in [-0.39, 0.29) is 23.8 Å². The summed E-state index contributed by atoms with van der Waals surface area (Å²) in [6, 6.07) is 0.322. The topological polar surface area (TPSA) is 99.0 Å². The Morgan fingerprint density at radius 3 is 2.55 bits per heavy atom. The molecule has 210 valence electrons. The fourth-order valence-electron chi connectivity index (χ4n) is 7.52. The van der Waals surface area contributed by atoms with Crippen LogP contribution < -0.4 is 10.6 Å². The summed E-state index contributed by atoms with van der Waals surface area (Å²) in [6.45, 7) is 17.1. The van der Waals surface area contributed by atoms with E-state index < -0.39 is 11.9 Å². The lowest BCUT2D eigenvalue weighted by Crippen LogP contribution is -2.35. The average molecular weight is 541 g/mol. The predicted molar refractivity (Wildman–Crippen MR) is 158 cm³/mol. The molecule has 2 aromatic rings. The van der Waals surface area contributed by atoms with Crippen molar-refractivity contribution in [2.45, 2.75) is 72.9 Å². The fourth-order valence-corrected chi connectivity index (χ4v) is 7.52. The monoisotopic (exact) mass is 540 g/mol. The third-order valence-electron chi connectivity index (χ3n) is 10.1. The first-order valence-electron chi connectivity index (χ1n) is 14.5. The van der Waals surface area contributed by atoms with Crippen molar-refractivity contribution in [2.24, 2.45) is 17.8 Å². The Labute approximate surface area is 236 Å². The van der Waals surface area contributed by atoms with Gasteiger partial charge in [-0.15, -0.1) is 0 Å². The summed E-state index contributed by atoms with van der Waals surface area (Å²) in [4.78, 5) is 34.3. The van der Waals surface area contributed by atoms with Gasteiger partial charge in [0.05, 0.1) is 12.8 Å². The molecule has 1 saturated heterocycles. The second kappa shape index (κ2) is 9.43. The van der Waals surface area contributed by atoms with E-state index >= 15 is 0 Å². The summed E-state index contributed by atoms with van der Waals surface area (Å²) >= 11 is 0. The molecule has 0 spiro atoms. The van der Waals surface area contributed by atoms with Crippen molar-refractivity contribution in [1.29, 1.82) is 0 Å². The molecular weight excluding hydrogens is 500 g/mol. The van der Waals surface area contributed by atoms with Crippen LogP contribution in [0.1, 0.15) is 83.9 Å². The van der Waals surface area contributed by atoms with Gasteiger partial charge in [-0.25, -0.2) is 0 Å². The Morgan fingerprint density at radius 2 is 1.88 bits per heavy atom. The zero-order chi connectivity index (χ0) is 28.6. The van der Waals surface area contributed by atoms with Gasteiger partial charge < -0.3 is 25.3 Å². The first-order valence-corrected chi connectivity index (χ1v) is 14.5. The van der Waals surface area contributed by atoms with Crippen LogP contribution >= 0.6 is 0 Å². The van der Waals surface area contributed by atoms with Crippen LogP contribution in [-0.4, -0.2) is 40.9 Å². The molecule has 2 aromatic heterocycles. The summed E-state index contributed by atoms with van der Waals surface area (Å²) < 4.78 is 5.17. The largest absolute Gasteiger partial charge is 0.468 e. The van der Waals surface area contributed by atoms with Crippen LogP contribution in [0.2, 0.25) is 0 Å². The number of Topliss-reactive ketones (excluding diaryl/α,β-unsaturated/α-hetero) is 1. The van der Waals surface area contributed by atoms with Crippen molar-refractivity contribution in [3.63, 3.8) is 0 Å². The molecule has 0 amide bonds. The number of nitrogens with one attached hydrogen (secondary N) is 4. The Balaban J connectivity index is 1.60. The van der Waals surface area contributed by atoms with Crippen LogP contribution in [0, 0.1) is 31.6 Å².